The quantitative estimate of drug-likeness (QED) is 0.434. The first-order chi connectivity index (χ1) is 9.45. The summed E-state index contributed by atoms with van der Waals surface area (Å²) in [5.41, 5.74) is 0.585. The van der Waals surface area contributed by atoms with Crippen molar-refractivity contribution >= 4 is 22.5 Å². The summed E-state index contributed by atoms with van der Waals surface area (Å²) in [5, 5.41) is 10.8. The lowest BCUT2D eigenvalue weighted by Gasteiger charge is -2.08. The lowest BCUT2D eigenvalue weighted by Crippen LogP contribution is -2.21. The molecule has 0 aromatic heterocycles. The predicted molar refractivity (Wildman–Crippen MR) is 75.9 cm³/mol. The predicted octanol–water partition coefficient (Wildman–Crippen LogP) is 1.70. The summed E-state index contributed by atoms with van der Waals surface area (Å²) in [6.07, 6.45) is 0.345. The molecular formula is C13H17NO5S. The minimum Gasteiger partial charge on any atom is -0.469 e. The number of hydrogen-bond donors (Lipinski definition) is 0. The molecule has 0 aliphatic carbocycles. The Labute approximate surface area is 119 Å². The van der Waals surface area contributed by atoms with Crippen molar-refractivity contribution in [2.24, 2.45) is 5.92 Å². The van der Waals surface area contributed by atoms with Crippen LogP contribution in [0.25, 0.3) is 0 Å². The van der Waals surface area contributed by atoms with E-state index in [9.17, 15) is 19.1 Å². The fourth-order valence-electron chi connectivity index (χ4n) is 1.76. The molecule has 1 aromatic rings. The van der Waals surface area contributed by atoms with Crippen LogP contribution in [0.15, 0.2) is 24.3 Å². The summed E-state index contributed by atoms with van der Waals surface area (Å²) >= 11 is 0. The summed E-state index contributed by atoms with van der Waals surface area (Å²) < 4.78 is 16.4. The third-order valence-electron chi connectivity index (χ3n) is 2.83. The van der Waals surface area contributed by atoms with E-state index < -0.39 is 27.6 Å². The first-order valence-corrected chi connectivity index (χ1v) is 7.59. The van der Waals surface area contributed by atoms with Crippen molar-refractivity contribution in [3.05, 3.63) is 39.9 Å². The van der Waals surface area contributed by atoms with Crippen molar-refractivity contribution in [1.29, 1.82) is 0 Å². The van der Waals surface area contributed by atoms with Gasteiger partial charge in [-0.1, -0.05) is 25.1 Å². The van der Waals surface area contributed by atoms with E-state index in [2.05, 4.69) is 4.74 Å². The first-order valence-electron chi connectivity index (χ1n) is 6.10. The molecule has 1 rings (SSSR count). The highest BCUT2D eigenvalue weighted by Crippen LogP contribution is 2.18. The average Bonchev–Trinajstić information content (AvgIpc) is 2.44. The van der Waals surface area contributed by atoms with E-state index in [1.807, 2.05) is 0 Å². The molecule has 0 radical (unpaired) electrons. The van der Waals surface area contributed by atoms with Crippen LogP contribution < -0.4 is 0 Å². The molecule has 20 heavy (non-hydrogen) atoms. The van der Waals surface area contributed by atoms with E-state index in [1.54, 1.807) is 25.1 Å². The number of esters is 1. The number of nitro benzene ring substituents is 1. The molecule has 0 aliphatic heterocycles. The molecule has 0 spiro atoms. The second-order valence-corrected chi connectivity index (χ2v) is 5.99. The Kier molecular flexibility index (Phi) is 6.30. The second kappa shape index (κ2) is 7.74. The number of ether oxygens (including phenoxy) is 1. The van der Waals surface area contributed by atoms with Crippen LogP contribution in [0, 0.1) is 16.0 Å². The summed E-state index contributed by atoms with van der Waals surface area (Å²) in [4.78, 5) is 21.6. The first kappa shape index (κ1) is 16.3. The number of para-hydroxylation sites is 1. The molecule has 0 saturated heterocycles. The van der Waals surface area contributed by atoms with E-state index in [4.69, 9.17) is 0 Å². The fourth-order valence-corrected chi connectivity index (χ4v) is 3.06. The SMILES string of the molecule is COC(=O)C(C)CS(=O)CCc1ccccc1[N+](=O)[O-]. The van der Waals surface area contributed by atoms with Crippen LogP contribution in [0.2, 0.25) is 0 Å². The van der Waals surface area contributed by atoms with E-state index in [0.717, 1.165) is 0 Å². The Morgan fingerprint density at radius 2 is 2.10 bits per heavy atom. The zero-order valence-corrected chi connectivity index (χ0v) is 12.2. The minimum absolute atomic E-state index is 0.0329. The third-order valence-corrected chi connectivity index (χ3v) is 4.36. The maximum Gasteiger partial charge on any atom is 0.309 e. The van der Waals surface area contributed by atoms with Crippen molar-refractivity contribution in [3.8, 4) is 0 Å². The summed E-state index contributed by atoms with van der Waals surface area (Å²) in [6.45, 7) is 1.65. The van der Waals surface area contributed by atoms with Gasteiger partial charge in [-0.05, 0) is 6.42 Å². The number of hydrogen-bond acceptors (Lipinski definition) is 5. The topological polar surface area (TPSA) is 86.5 Å². The smallest absolute Gasteiger partial charge is 0.309 e. The van der Waals surface area contributed by atoms with Gasteiger partial charge in [0.15, 0.2) is 0 Å². The van der Waals surface area contributed by atoms with E-state index >= 15 is 0 Å². The molecule has 0 saturated carbocycles. The summed E-state index contributed by atoms with van der Waals surface area (Å²) in [6, 6.07) is 6.38. The van der Waals surface area contributed by atoms with Crippen molar-refractivity contribution < 1.29 is 18.7 Å². The summed E-state index contributed by atoms with van der Waals surface area (Å²) in [5.74, 6) is -0.352. The van der Waals surface area contributed by atoms with Crippen molar-refractivity contribution in [2.75, 3.05) is 18.6 Å². The van der Waals surface area contributed by atoms with Crippen LogP contribution in [0.1, 0.15) is 12.5 Å². The highest BCUT2D eigenvalue weighted by molar-refractivity contribution is 7.85. The van der Waals surface area contributed by atoms with Crippen LogP contribution in [0.5, 0.6) is 0 Å². The van der Waals surface area contributed by atoms with E-state index in [-0.39, 0.29) is 17.2 Å². The largest absolute Gasteiger partial charge is 0.469 e. The molecular weight excluding hydrogens is 282 g/mol. The van der Waals surface area contributed by atoms with Gasteiger partial charge in [0.25, 0.3) is 5.69 Å². The van der Waals surface area contributed by atoms with E-state index in [1.165, 1.54) is 13.2 Å². The Balaban J connectivity index is 2.57. The van der Waals surface area contributed by atoms with Gasteiger partial charge in [0.2, 0.25) is 0 Å². The molecule has 0 aliphatic rings. The van der Waals surface area contributed by atoms with Crippen LogP contribution >= 0.6 is 0 Å². The van der Waals surface area contributed by atoms with E-state index in [0.29, 0.717) is 12.0 Å². The Morgan fingerprint density at radius 3 is 2.70 bits per heavy atom. The molecule has 7 heteroatoms. The zero-order chi connectivity index (χ0) is 15.1. The number of carbonyl (C=O) groups excluding carboxylic acids is 1. The molecule has 0 heterocycles. The van der Waals surface area contributed by atoms with Crippen LogP contribution in [0.3, 0.4) is 0 Å². The van der Waals surface area contributed by atoms with Gasteiger partial charge < -0.3 is 4.74 Å². The van der Waals surface area contributed by atoms with Crippen molar-refractivity contribution in [1.82, 2.24) is 0 Å². The third kappa shape index (κ3) is 4.73. The van der Waals surface area contributed by atoms with Crippen LogP contribution in [0.4, 0.5) is 5.69 Å². The monoisotopic (exact) mass is 299 g/mol. The van der Waals surface area contributed by atoms with Gasteiger partial charge in [0.05, 0.1) is 18.0 Å². The number of nitrogens with zero attached hydrogens (tertiary/aromatic N) is 1. The number of rotatable bonds is 7. The molecule has 0 fully saturated rings. The lowest BCUT2D eigenvalue weighted by atomic mass is 10.1. The fraction of sp³-hybridized carbons (Fsp3) is 0.462. The number of nitro groups is 1. The van der Waals surface area contributed by atoms with Gasteiger partial charge >= 0.3 is 5.97 Å². The number of carbonyl (C=O) groups is 1. The normalized spacial score (nSPS) is 13.5. The van der Waals surface area contributed by atoms with Gasteiger partial charge in [-0.2, -0.15) is 0 Å². The number of methoxy groups -OCH3 is 1. The maximum atomic E-state index is 11.9. The zero-order valence-electron chi connectivity index (χ0n) is 11.4. The second-order valence-electron chi connectivity index (χ2n) is 4.37. The maximum absolute atomic E-state index is 11.9. The molecule has 6 nitrogen and oxygen atoms in total. The molecule has 0 N–H and O–H groups in total. The highest BCUT2D eigenvalue weighted by atomic mass is 32.2. The van der Waals surface area contributed by atoms with Gasteiger partial charge in [0.1, 0.15) is 0 Å². The average molecular weight is 299 g/mol. The Hall–Kier alpha value is -1.76. The van der Waals surface area contributed by atoms with Gasteiger partial charge in [0, 0.05) is 33.9 Å². The van der Waals surface area contributed by atoms with Crippen molar-refractivity contribution in [2.45, 2.75) is 13.3 Å². The number of benzene rings is 1. The molecule has 2 unspecified atom stereocenters. The molecule has 0 bridgehead atoms. The van der Waals surface area contributed by atoms with Gasteiger partial charge in [-0.3, -0.25) is 19.1 Å². The van der Waals surface area contributed by atoms with Gasteiger partial charge in [-0.15, -0.1) is 0 Å². The number of aryl methyl sites for hydroxylation is 1. The molecule has 1 aromatic carbocycles. The van der Waals surface area contributed by atoms with Gasteiger partial charge in [-0.25, -0.2) is 0 Å². The van der Waals surface area contributed by atoms with Crippen LogP contribution in [-0.4, -0.2) is 33.7 Å². The highest BCUT2D eigenvalue weighted by Gasteiger charge is 2.18. The summed E-state index contributed by atoms with van der Waals surface area (Å²) in [7, 11) is 0.0691. The van der Waals surface area contributed by atoms with Crippen molar-refractivity contribution in [3.63, 3.8) is 0 Å². The minimum atomic E-state index is -1.22. The molecule has 0 amide bonds. The standard InChI is InChI=1S/C13H17NO5S/c1-10(13(15)19-2)9-20(18)8-7-11-5-3-4-6-12(11)14(16)17/h3-6,10H,7-9H2,1-2H3. The molecule has 2 atom stereocenters. The van der Waals surface area contributed by atoms with Crippen LogP contribution in [-0.2, 0) is 26.8 Å². The Bertz CT molecular complexity index is 517. The lowest BCUT2D eigenvalue weighted by molar-refractivity contribution is -0.385. The molecule has 110 valence electrons. The Morgan fingerprint density at radius 1 is 1.45 bits per heavy atom.